The van der Waals surface area contributed by atoms with Gasteiger partial charge in [-0.1, -0.05) is 20.8 Å². The molecule has 2 fully saturated rings. The zero-order chi connectivity index (χ0) is 21.9. The van der Waals surface area contributed by atoms with Gasteiger partial charge in [0.25, 0.3) is 0 Å². The van der Waals surface area contributed by atoms with E-state index in [1.807, 2.05) is 34.6 Å². The fourth-order valence-electron chi connectivity index (χ4n) is 5.22. The standard InChI is InChI=1S/C23H35BrN2O3/c1-13-16(19(20(27)28)29-21(3,4)5)18(17(24)14(2)25-13)26-11-15-9-10-23(8,12-26)22(15,6)7/h15,19H,9-12H2,1-8H3,(H,27,28). The van der Waals surface area contributed by atoms with Gasteiger partial charge in [-0.2, -0.15) is 0 Å². The Morgan fingerprint density at radius 2 is 1.90 bits per heavy atom. The maximum Gasteiger partial charge on any atom is 0.337 e. The molecule has 29 heavy (non-hydrogen) atoms. The monoisotopic (exact) mass is 466 g/mol. The van der Waals surface area contributed by atoms with Crippen LogP contribution in [0.3, 0.4) is 0 Å². The summed E-state index contributed by atoms with van der Waals surface area (Å²) >= 11 is 3.75. The van der Waals surface area contributed by atoms with E-state index < -0.39 is 17.7 Å². The summed E-state index contributed by atoms with van der Waals surface area (Å²) < 4.78 is 6.92. The first kappa shape index (κ1) is 22.5. The van der Waals surface area contributed by atoms with Gasteiger partial charge in [0.05, 0.1) is 21.5 Å². The minimum atomic E-state index is -1.06. The molecule has 1 aromatic rings. The lowest BCUT2D eigenvalue weighted by atomic mass is 9.63. The van der Waals surface area contributed by atoms with Crippen LogP contribution in [0.1, 0.15) is 77.4 Å². The fourth-order valence-corrected chi connectivity index (χ4v) is 5.78. The van der Waals surface area contributed by atoms with Gasteiger partial charge in [-0.15, -0.1) is 0 Å². The van der Waals surface area contributed by atoms with Gasteiger partial charge in [-0.05, 0) is 80.1 Å². The van der Waals surface area contributed by atoms with Crippen LogP contribution < -0.4 is 4.90 Å². The highest BCUT2D eigenvalue weighted by molar-refractivity contribution is 9.10. The van der Waals surface area contributed by atoms with E-state index in [9.17, 15) is 9.90 Å². The highest BCUT2D eigenvalue weighted by atomic mass is 79.9. The van der Waals surface area contributed by atoms with Gasteiger partial charge in [0.1, 0.15) is 0 Å². The zero-order valence-electron chi connectivity index (χ0n) is 19.0. The third-order valence-electron chi connectivity index (χ3n) is 7.38. The summed E-state index contributed by atoms with van der Waals surface area (Å²) in [6.07, 6.45) is 1.37. The number of aromatic nitrogens is 1. The number of piperidine rings is 1. The van der Waals surface area contributed by atoms with Crippen molar-refractivity contribution in [1.82, 2.24) is 4.98 Å². The number of halogens is 1. The van der Waals surface area contributed by atoms with Crippen molar-refractivity contribution >= 4 is 27.6 Å². The fraction of sp³-hybridized carbons (Fsp3) is 0.739. The number of nitrogens with zero attached hydrogens (tertiary/aromatic N) is 2. The molecule has 1 aliphatic carbocycles. The number of carboxylic acids is 1. The van der Waals surface area contributed by atoms with Crippen molar-refractivity contribution in [2.75, 3.05) is 18.0 Å². The minimum Gasteiger partial charge on any atom is -0.479 e. The van der Waals surface area contributed by atoms with Crippen LogP contribution in [0.2, 0.25) is 0 Å². The Morgan fingerprint density at radius 3 is 2.41 bits per heavy atom. The van der Waals surface area contributed by atoms with Crippen molar-refractivity contribution in [3.05, 3.63) is 21.4 Å². The maximum atomic E-state index is 12.3. The van der Waals surface area contributed by atoms with E-state index in [4.69, 9.17) is 4.74 Å². The number of pyridine rings is 1. The molecule has 1 saturated carbocycles. The highest BCUT2D eigenvalue weighted by Crippen LogP contribution is 2.60. The van der Waals surface area contributed by atoms with Gasteiger partial charge >= 0.3 is 5.97 Å². The molecule has 0 amide bonds. The maximum absolute atomic E-state index is 12.3. The van der Waals surface area contributed by atoms with Crippen LogP contribution in [0, 0.1) is 30.6 Å². The van der Waals surface area contributed by atoms with E-state index in [0.717, 1.165) is 34.6 Å². The number of ether oxygens (including phenoxy) is 1. The lowest BCUT2D eigenvalue weighted by Gasteiger charge is -2.52. The SMILES string of the molecule is Cc1nc(C)c(C(OC(C)(C)C)C(=O)O)c(N2CC3CCC(C)(C2)C3(C)C)c1Br. The number of rotatable bonds is 4. The van der Waals surface area contributed by atoms with E-state index in [1.54, 1.807) is 0 Å². The largest absolute Gasteiger partial charge is 0.479 e. The van der Waals surface area contributed by atoms with Gasteiger partial charge in [0, 0.05) is 24.3 Å². The van der Waals surface area contributed by atoms with E-state index in [2.05, 4.69) is 46.6 Å². The van der Waals surface area contributed by atoms with Crippen LogP contribution in [0.15, 0.2) is 4.47 Å². The number of hydrogen-bond acceptors (Lipinski definition) is 4. The molecule has 3 atom stereocenters. The van der Waals surface area contributed by atoms with Crippen molar-refractivity contribution in [3.63, 3.8) is 0 Å². The van der Waals surface area contributed by atoms with Crippen LogP contribution in [0.25, 0.3) is 0 Å². The number of hydrogen-bond donors (Lipinski definition) is 1. The first-order chi connectivity index (χ1) is 13.2. The van der Waals surface area contributed by atoms with Crippen LogP contribution in [0.5, 0.6) is 0 Å². The van der Waals surface area contributed by atoms with Crippen LogP contribution >= 0.6 is 15.9 Å². The number of anilines is 1. The first-order valence-corrected chi connectivity index (χ1v) is 11.3. The van der Waals surface area contributed by atoms with E-state index >= 15 is 0 Å². The van der Waals surface area contributed by atoms with Crippen molar-refractivity contribution in [1.29, 1.82) is 0 Å². The molecule has 1 N–H and O–H groups in total. The predicted octanol–water partition coefficient (Wildman–Crippen LogP) is 5.66. The van der Waals surface area contributed by atoms with Crippen molar-refractivity contribution in [2.24, 2.45) is 16.7 Å². The average Bonchev–Trinajstić information content (AvgIpc) is 2.71. The molecule has 1 aliphatic heterocycles. The number of aliphatic carboxylic acids is 1. The lowest BCUT2D eigenvalue weighted by molar-refractivity contribution is -0.160. The second kappa shape index (κ2) is 7.23. The molecule has 2 bridgehead atoms. The number of carboxylic acid groups (broad SMARTS) is 1. The van der Waals surface area contributed by atoms with Crippen molar-refractivity contribution in [2.45, 2.75) is 79.9 Å². The van der Waals surface area contributed by atoms with Crippen LogP contribution in [-0.4, -0.2) is 34.8 Å². The summed E-state index contributed by atoms with van der Waals surface area (Å²) in [6, 6.07) is 0. The van der Waals surface area contributed by atoms with Gasteiger partial charge in [-0.25, -0.2) is 4.79 Å². The molecule has 2 aliphatic rings. The Balaban J connectivity index is 2.16. The lowest BCUT2D eigenvalue weighted by Crippen LogP contribution is -2.52. The summed E-state index contributed by atoms with van der Waals surface area (Å²) in [5.74, 6) is -0.394. The smallest absolute Gasteiger partial charge is 0.337 e. The molecule has 0 aromatic carbocycles. The Morgan fingerprint density at radius 1 is 1.28 bits per heavy atom. The molecule has 2 heterocycles. The normalized spacial score (nSPS) is 27.2. The minimum absolute atomic E-state index is 0.196. The Hall–Kier alpha value is -1.14. The molecule has 3 rings (SSSR count). The molecular formula is C23H35BrN2O3. The van der Waals surface area contributed by atoms with E-state index in [0.29, 0.717) is 11.5 Å². The molecule has 1 saturated heterocycles. The number of carbonyl (C=O) groups is 1. The van der Waals surface area contributed by atoms with Gasteiger partial charge < -0.3 is 14.7 Å². The van der Waals surface area contributed by atoms with E-state index in [1.165, 1.54) is 12.8 Å². The molecule has 162 valence electrons. The second-order valence-corrected chi connectivity index (χ2v) is 11.5. The Labute approximate surface area is 183 Å². The van der Waals surface area contributed by atoms with E-state index in [-0.39, 0.29) is 10.8 Å². The van der Waals surface area contributed by atoms with Gasteiger partial charge in [0.15, 0.2) is 6.10 Å². The summed E-state index contributed by atoms with van der Waals surface area (Å²) in [5.41, 5.74) is 3.11. The summed E-state index contributed by atoms with van der Waals surface area (Å²) in [6.45, 7) is 18.5. The number of aryl methyl sites for hydroxylation is 2. The van der Waals surface area contributed by atoms with Crippen molar-refractivity contribution < 1.29 is 14.6 Å². The molecule has 0 radical (unpaired) electrons. The average molecular weight is 467 g/mol. The molecular weight excluding hydrogens is 432 g/mol. The van der Waals surface area contributed by atoms with Crippen LogP contribution in [-0.2, 0) is 9.53 Å². The Bertz CT molecular complexity index is 830. The third kappa shape index (κ3) is 3.83. The zero-order valence-corrected chi connectivity index (χ0v) is 20.6. The topological polar surface area (TPSA) is 62.7 Å². The quantitative estimate of drug-likeness (QED) is 0.619. The van der Waals surface area contributed by atoms with Crippen molar-refractivity contribution in [3.8, 4) is 0 Å². The summed E-state index contributed by atoms with van der Waals surface area (Å²) in [4.78, 5) is 19.3. The summed E-state index contributed by atoms with van der Waals surface area (Å²) in [7, 11) is 0. The van der Waals surface area contributed by atoms with Gasteiger partial charge in [0.2, 0.25) is 0 Å². The molecule has 1 aromatic heterocycles. The molecule has 5 nitrogen and oxygen atoms in total. The molecule has 0 spiro atoms. The number of fused-ring (bicyclic) bond motifs is 2. The second-order valence-electron chi connectivity index (χ2n) is 10.7. The summed E-state index contributed by atoms with van der Waals surface area (Å²) in [5, 5.41) is 10.1. The predicted molar refractivity (Wildman–Crippen MR) is 119 cm³/mol. The third-order valence-corrected chi connectivity index (χ3v) is 8.33. The van der Waals surface area contributed by atoms with Crippen LogP contribution in [0.4, 0.5) is 5.69 Å². The molecule has 3 unspecified atom stereocenters. The first-order valence-electron chi connectivity index (χ1n) is 10.5. The van der Waals surface area contributed by atoms with Gasteiger partial charge in [-0.3, -0.25) is 4.98 Å². The molecule has 6 heteroatoms. The Kier molecular flexibility index (Phi) is 5.62. The highest BCUT2D eigenvalue weighted by Gasteiger charge is 2.56.